The zero-order valence-corrected chi connectivity index (χ0v) is 8.01. The lowest BCUT2D eigenvalue weighted by Gasteiger charge is -2.25. The Balaban J connectivity index is 2.49. The Morgan fingerprint density at radius 3 is 2.92 bits per heavy atom. The van der Waals surface area contributed by atoms with E-state index in [9.17, 15) is 4.79 Å². The number of carbonyl (C=O) groups is 1. The van der Waals surface area contributed by atoms with Crippen LogP contribution in [-0.4, -0.2) is 12.1 Å². The van der Waals surface area contributed by atoms with Crippen LogP contribution in [0.25, 0.3) is 0 Å². The van der Waals surface area contributed by atoms with Crippen LogP contribution >= 0.6 is 0 Å². The molecule has 1 rings (SSSR count). The van der Waals surface area contributed by atoms with Gasteiger partial charge < -0.3 is 4.74 Å². The molecule has 1 aliphatic heterocycles. The average Bonchev–Trinajstić information content (AvgIpc) is 2.05. The summed E-state index contributed by atoms with van der Waals surface area (Å²) >= 11 is 0. The van der Waals surface area contributed by atoms with Crippen molar-refractivity contribution in [3.8, 4) is 0 Å². The lowest BCUT2D eigenvalue weighted by molar-refractivity contribution is -0.153. The van der Waals surface area contributed by atoms with Crippen molar-refractivity contribution in [3.05, 3.63) is 0 Å². The third-order valence-corrected chi connectivity index (χ3v) is 2.61. The molecule has 2 nitrogen and oxygen atoms in total. The van der Waals surface area contributed by atoms with Crippen LogP contribution in [0.1, 0.15) is 46.0 Å². The molecule has 0 saturated carbocycles. The van der Waals surface area contributed by atoms with Crippen molar-refractivity contribution in [2.24, 2.45) is 5.92 Å². The fourth-order valence-corrected chi connectivity index (χ4v) is 1.75. The highest BCUT2D eigenvalue weighted by atomic mass is 16.5. The molecule has 70 valence electrons. The number of rotatable bonds is 1. The maximum Gasteiger partial charge on any atom is 0.306 e. The second-order valence-electron chi connectivity index (χ2n) is 3.66. The Morgan fingerprint density at radius 2 is 2.25 bits per heavy atom. The Morgan fingerprint density at radius 1 is 1.50 bits per heavy atom. The molecule has 0 aliphatic carbocycles. The lowest BCUT2D eigenvalue weighted by atomic mass is 9.94. The van der Waals surface area contributed by atoms with Crippen molar-refractivity contribution < 1.29 is 9.53 Å². The van der Waals surface area contributed by atoms with Gasteiger partial charge in [0.1, 0.15) is 6.10 Å². The van der Waals surface area contributed by atoms with Gasteiger partial charge in [-0.3, -0.25) is 4.79 Å². The number of cyclic esters (lactones) is 1. The van der Waals surface area contributed by atoms with E-state index in [1.807, 2.05) is 0 Å². The van der Waals surface area contributed by atoms with Crippen molar-refractivity contribution in [1.29, 1.82) is 0 Å². The van der Waals surface area contributed by atoms with E-state index in [2.05, 4.69) is 13.8 Å². The summed E-state index contributed by atoms with van der Waals surface area (Å²) in [6.07, 6.45) is 5.10. The molecule has 2 heteroatoms. The van der Waals surface area contributed by atoms with E-state index in [-0.39, 0.29) is 12.1 Å². The van der Waals surface area contributed by atoms with Gasteiger partial charge in [0.2, 0.25) is 0 Å². The summed E-state index contributed by atoms with van der Waals surface area (Å²) in [7, 11) is 0. The zero-order chi connectivity index (χ0) is 8.97. The van der Waals surface area contributed by atoms with Crippen molar-refractivity contribution >= 4 is 5.97 Å². The second-order valence-corrected chi connectivity index (χ2v) is 3.66. The van der Waals surface area contributed by atoms with Gasteiger partial charge in [-0.05, 0) is 25.2 Å². The third kappa shape index (κ3) is 2.50. The molecule has 0 aromatic carbocycles. The lowest BCUT2D eigenvalue weighted by Crippen LogP contribution is -2.26. The number of esters is 1. The van der Waals surface area contributed by atoms with Crippen LogP contribution < -0.4 is 0 Å². The van der Waals surface area contributed by atoms with Crippen LogP contribution in [0.4, 0.5) is 0 Å². The van der Waals surface area contributed by atoms with Gasteiger partial charge in [0.05, 0.1) is 0 Å². The molecule has 1 aliphatic rings. The van der Waals surface area contributed by atoms with Gasteiger partial charge >= 0.3 is 5.97 Å². The van der Waals surface area contributed by atoms with Crippen LogP contribution in [-0.2, 0) is 9.53 Å². The predicted octanol–water partition coefficient (Wildman–Crippen LogP) is 2.52. The second kappa shape index (κ2) is 4.48. The van der Waals surface area contributed by atoms with Gasteiger partial charge in [-0.15, -0.1) is 0 Å². The Labute approximate surface area is 74.3 Å². The van der Waals surface area contributed by atoms with Gasteiger partial charge in [0, 0.05) is 6.42 Å². The van der Waals surface area contributed by atoms with Crippen LogP contribution in [0.2, 0.25) is 0 Å². The molecule has 1 saturated heterocycles. The van der Waals surface area contributed by atoms with Gasteiger partial charge in [-0.25, -0.2) is 0 Å². The standard InChI is InChI=1S/C10H18O2/c1-3-9-8(2)6-4-5-7-10(11)12-9/h8-9H,3-7H2,1-2H3/t8-,9+/m0/s1. The van der Waals surface area contributed by atoms with Crippen molar-refractivity contribution in [1.82, 2.24) is 0 Å². The largest absolute Gasteiger partial charge is 0.462 e. The number of hydrogen-bond acceptors (Lipinski definition) is 2. The first-order chi connectivity index (χ1) is 5.74. The molecule has 0 N–H and O–H groups in total. The fraction of sp³-hybridized carbons (Fsp3) is 0.900. The zero-order valence-electron chi connectivity index (χ0n) is 8.01. The summed E-state index contributed by atoms with van der Waals surface area (Å²) in [6.45, 7) is 4.25. The van der Waals surface area contributed by atoms with Crippen molar-refractivity contribution in [2.75, 3.05) is 0 Å². The highest BCUT2D eigenvalue weighted by molar-refractivity contribution is 5.69. The molecule has 0 bridgehead atoms. The molecule has 0 aromatic rings. The molecule has 1 heterocycles. The topological polar surface area (TPSA) is 26.3 Å². The van der Waals surface area contributed by atoms with E-state index in [4.69, 9.17) is 4.74 Å². The highest BCUT2D eigenvalue weighted by Gasteiger charge is 2.21. The number of ether oxygens (including phenoxy) is 1. The molecule has 0 radical (unpaired) electrons. The van der Waals surface area contributed by atoms with E-state index in [0.717, 1.165) is 12.8 Å². The van der Waals surface area contributed by atoms with Gasteiger partial charge in [0.15, 0.2) is 0 Å². The molecule has 0 unspecified atom stereocenters. The minimum atomic E-state index is -0.00611. The third-order valence-electron chi connectivity index (χ3n) is 2.61. The van der Waals surface area contributed by atoms with Crippen LogP contribution in [0.3, 0.4) is 0 Å². The summed E-state index contributed by atoms with van der Waals surface area (Å²) in [5.41, 5.74) is 0. The summed E-state index contributed by atoms with van der Waals surface area (Å²) in [5.74, 6) is 0.535. The van der Waals surface area contributed by atoms with E-state index < -0.39 is 0 Å². The van der Waals surface area contributed by atoms with Gasteiger partial charge in [0.25, 0.3) is 0 Å². The first-order valence-corrected chi connectivity index (χ1v) is 4.93. The first kappa shape index (κ1) is 9.56. The predicted molar refractivity (Wildman–Crippen MR) is 47.8 cm³/mol. The molecule has 0 spiro atoms. The minimum Gasteiger partial charge on any atom is -0.462 e. The van der Waals surface area contributed by atoms with E-state index >= 15 is 0 Å². The highest BCUT2D eigenvalue weighted by Crippen LogP contribution is 2.22. The summed E-state index contributed by atoms with van der Waals surface area (Å²) < 4.78 is 5.31. The van der Waals surface area contributed by atoms with Gasteiger partial charge in [-0.2, -0.15) is 0 Å². The maximum atomic E-state index is 11.1. The molecule has 0 amide bonds. The summed E-state index contributed by atoms with van der Waals surface area (Å²) in [6, 6.07) is 0. The summed E-state index contributed by atoms with van der Waals surface area (Å²) in [5, 5.41) is 0. The SMILES string of the molecule is CC[C@H]1OC(=O)CCCC[C@@H]1C. The molecule has 12 heavy (non-hydrogen) atoms. The average molecular weight is 170 g/mol. The van der Waals surface area contributed by atoms with Gasteiger partial charge in [-0.1, -0.05) is 20.3 Å². The van der Waals surface area contributed by atoms with E-state index in [1.165, 1.54) is 12.8 Å². The number of carbonyl (C=O) groups excluding carboxylic acids is 1. The Bertz CT molecular complexity index is 154. The molecular formula is C10H18O2. The van der Waals surface area contributed by atoms with Crippen LogP contribution in [0, 0.1) is 5.92 Å². The molecule has 1 fully saturated rings. The van der Waals surface area contributed by atoms with E-state index in [0.29, 0.717) is 12.3 Å². The van der Waals surface area contributed by atoms with E-state index in [1.54, 1.807) is 0 Å². The number of hydrogen-bond donors (Lipinski definition) is 0. The summed E-state index contributed by atoms with van der Waals surface area (Å²) in [4.78, 5) is 11.1. The normalized spacial score (nSPS) is 32.0. The molecular weight excluding hydrogens is 152 g/mol. The van der Waals surface area contributed by atoms with Crippen molar-refractivity contribution in [2.45, 2.75) is 52.1 Å². The minimum absolute atomic E-state index is 0.00611. The van der Waals surface area contributed by atoms with Crippen molar-refractivity contribution in [3.63, 3.8) is 0 Å². The molecule has 0 aromatic heterocycles. The van der Waals surface area contributed by atoms with Crippen LogP contribution in [0.15, 0.2) is 0 Å². The van der Waals surface area contributed by atoms with Crippen LogP contribution in [0.5, 0.6) is 0 Å². The Hall–Kier alpha value is -0.530. The maximum absolute atomic E-state index is 11.1. The smallest absolute Gasteiger partial charge is 0.306 e. The fourth-order valence-electron chi connectivity index (χ4n) is 1.75. The Kier molecular flexibility index (Phi) is 3.57. The quantitative estimate of drug-likeness (QED) is 0.565. The monoisotopic (exact) mass is 170 g/mol. The molecule has 2 atom stereocenters. The first-order valence-electron chi connectivity index (χ1n) is 4.93.